The molecule has 6 nitrogen and oxygen atoms in total. The predicted octanol–water partition coefficient (Wildman–Crippen LogP) is 4.31. The van der Waals surface area contributed by atoms with E-state index in [2.05, 4.69) is 26.2 Å². The summed E-state index contributed by atoms with van der Waals surface area (Å²) in [5.74, 6) is -0.859. The van der Waals surface area contributed by atoms with Crippen molar-refractivity contribution < 1.29 is 9.72 Å². The fourth-order valence-corrected chi connectivity index (χ4v) is 2.42. The maximum absolute atomic E-state index is 12.1. The number of nitrogens with one attached hydrogen (secondary N) is 1. The zero-order chi connectivity index (χ0) is 15.6. The molecule has 2 rings (SSSR count). The Morgan fingerprint density at radius 2 is 2.00 bits per heavy atom. The predicted molar refractivity (Wildman–Crippen MR) is 83.0 cm³/mol. The van der Waals surface area contributed by atoms with Crippen molar-refractivity contribution >= 4 is 56.5 Å². The van der Waals surface area contributed by atoms with E-state index in [1.807, 2.05) is 0 Å². The van der Waals surface area contributed by atoms with Crippen molar-refractivity contribution in [1.82, 2.24) is 4.98 Å². The number of pyridine rings is 1. The number of hydrogen-bond donors (Lipinski definition) is 1. The van der Waals surface area contributed by atoms with Gasteiger partial charge < -0.3 is 5.32 Å². The number of amides is 1. The van der Waals surface area contributed by atoms with Crippen molar-refractivity contribution in [3.05, 3.63) is 60.7 Å². The third kappa shape index (κ3) is 3.69. The molecule has 0 bridgehead atoms. The van der Waals surface area contributed by atoms with Crippen LogP contribution in [0.15, 0.2) is 34.8 Å². The second-order valence-electron chi connectivity index (χ2n) is 3.84. The lowest BCUT2D eigenvalue weighted by molar-refractivity contribution is -0.384. The SMILES string of the molecule is O=C(Nc1nc(Cl)ccc1[N+](=O)[O-])c1ccc(Br)cc1Cl. The van der Waals surface area contributed by atoms with Crippen LogP contribution in [0.25, 0.3) is 0 Å². The largest absolute Gasteiger partial charge is 0.311 e. The smallest absolute Gasteiger partial charge is 0.301 e. The van der Waals surface area contributed by atoms with Crippen LogP contribution in [0.2, 0.25) is 10.2 Å². The van der Waals surface area contributed by atoms with Gasteiger partial charge in [0.25, 0.3) is 5.91 Å². The third-order valence-electron chi connectivity index (χ3n) is 2.44. The van der Waals surface area contributed by atoms with Gasteiger partial charge in [-0.25, -0.2) is 4.98 Å². The number of aromatic nitrogens is 1. The average molecular weight is 391 g/mol. The Bertz CT molecular complexity index is 740. The van der Waals surface area contributed by atoms with E-state index >= 15 is 0 Å². The summed E-state index contributed by atoms with van der Waals surface area (Å²) < 4.78 is 0.705. The molecule has 0 saturated carbocycles. The summed E-state index contributed by atoms with van der Waals surface area (Å²) in [6.45, 7) is 0. The molecule has 9 heteroatoms. The molecule has 0 unspecified atom stereocenters. The average Bonchev–Trinajstić information content (AvgIpc) is 2.37. The molecular formula is C12H6BrCl2N3O3. The van der Waals surface area contributed by atoms with Crippen molar-refractivity contribution in [2.24, 2.45) is 0 Å². The van der Waals surface area contributed by atoms with Gasteiger partial charge in [-0.3, -0.25) is 14.9 Å². The molecule has 0 atom stereocenters. The Balaban J connectivity index is 2.35. The van der Waals surface area contributed by atoms with Gasteiger partial charge in [-0.2, -0.15) is 0 Å². The molecular weight excluding hydrogens is 385 g/mol. The van der Waals surface area contributed by atoms with Gasteiger partial charge in [0.05, 0.1) is 15.5 Å². The van der Waals surface area contributed by atoms with Crippen LogP contribution in [0.5, 0.6) is 0 Å². The minimum atomic E-state index is -0.665. The first kappa shape index (κ1) is 15.7. The van der Waals surface area contributed by atoms with Gasteiger partial charge in [0.2, 0.25) is 5.82 Å². The molecule has 0 fully saturated rings. The van der Waals surface area contributed by atoms with Crippen molar-refractivity contribution in [3.8, 4) is 0 Å². The molecule has 1 heterocycles. The summed E-state index contributed by atoms with van der Waals surface area (Å²) in [6.07, 6.45) is 0. The van der Waals surface area contributed by atoms with Gasteiger partial charge >= 0.3 is 5.69 Å². The topological polar surface area (TPSA) is 85.1 Å². The highest BCUT2D eigenvalue weighted by molar-refractivity contribution is 9.10. The summed E-state index contributed by atoms with van der Waals surface area (Å²) in [7, 11) is 0. The van der Waals surface area contributed by atoms with Gasteiger partial charge in [0.1, 0.15) is 5.15 Å². The molecule has 0 aliphatic rings. The lowest BCUT2D eigenvalue weighted by Crippen LogP contribution is -2.15. The molecule has 0 aliphatic carbocycles. The van der Waals surface area contributed by atoms with Crippen molar-refractivity contribution in [3.63, 3.8) is 0 Å². The number of hydrogen-bond acceptors (Lipinski definition) is 4. The van der Waals surface area contributed by atoms with Gasteiger partial charge in [0, 0.05) is 10.5 Å². The van der Waals surface area contributed by atoms with E-state index in [-0.39, 0.29) is 27.2 Å². The first-order valence-electron chi connectivity index (χ1n) is 5.46. The number of carbonyl (C=O) groups is 1. The highest BCUT2D eigenvalue weighted by atomic mass is 79.9. The second-order valence-corrected chi connectivity index (χ2v) is 5.55. The number of rotatable bonds is 3. The summed E-state index contributed by atoms with van der Waals surface area (Å²) >= 11 is 14.9. The standard InChI is InChI=1S/C12H6BrCl2N3O3/c13-6-1-2-7(8(14)5-6)12(19)17-11-9(18(20)21)3-4-10(15)16-11/h1-5H,(H,16,17,19). The molecule has 0 radical (unpaired) electrons. The van der Waals surface area contributed by atoms with Gasteiger partial charge in [-0.15, -0.1) is 0 Å². The maximum Gasteiger partial charge on any atom is 0.311 e. The van der Waals surface area contributed by atoms with E-state index in [1.54, 1.807) is 6.07 Å². The number of nitrogens with zero attached hydrogens (tertiary/aromatic N) is 2. The molecule has 0 spiro atoms. The lowest BCUT2D eigenvalue weighted by atomic mass is 10.2. The lowest BCUT2D eigenvalue weighted by Gasteiger charge is -2.07. The van der Waals surface area contributed by atoms with E-state index in [0.29, 0.717) is 4.47 Å². The summed E-state index contributed by atoms with van der Waals surface area (Å²) in [6, 6.07) is 7.07. The Kier molecular flexibility index (Phi) is 4.76. The van der Waals surface area contributed by atoms with Crippen LogP contribution in [0, 0.1) is 10.1 Å². The van der Waals surface area contributed by atoms with E-state index in [1.165, 1.54) is 18.2 Å². The van der Waals surface area contributed by atoms with Crippen LogP contribution in [0.4, 0.5) is 11.5 Å². The van der Waals surface area contributed by atoms with Gasteiger partial charge in [-0.05, 0) is 24.3 Å². The van der Waals surface area contributed by atoms with Crippen molar-refractivity contribution in [1.29, 1.82) is 0 Å². The minimum Gasteiger partial charge on any atom is -0.301 e. The number of anilines is 1. The molecule has 1 N–H and O–H groups in total. The van der Waals surface area contributed by atoms with Gasteiger partial charge in [-0.1, -0.05) is 39.1 Å². The zero-order valence-corrected chi connectivity index (χ0v) is 13.2. The van der Waals surface area contributed by atoms with Crippen LogP contribution in [-0.4, -0.2) is 15.8 Å². The molecule has 0 aliphatic heterocycles. The Hall–Kier alpha value is -1.70. The maximum atomic E-state index is 12.1. The molecule has 1 amide bonds. The van der Waals surface area contributed by atoms with Crippen LogP contribution in [-0.2, 0) is 0 Å². The van der Waals surface area contributed by atoms with Crippen LogP contribution in [0.1, 0.15) is 10.4 Å². The second kappa shape index (κ2) is 6.38. The highest BCUT2D eigenvalue weighted by Crippen LogP contribution is 2.26. The normalized spacial score (nSPS) is 10.2. The molecule has 1 aromatic heterocycles. The van der Waals surface area contributed by atoms with Crippen LogP contribution in [0.3, 0.4) is 0 Å². The molecule has 2 aromatic rings. The van der Waals surface area contributed by atoms with E-state index < -0.39 is 10.8 Å². The molecule has 108 valence electrons. The van der Waals surface area contributed by atoms with Crippen molar-refractivity contribution in [2.75, 3.05) is 5.32 Å². The summed E-state index contributed by atoms with van der Waals surface area (Å²) in [4.78, 5) is 26.1. The minimum absolute atomic E-state index is 0.0257. The van der Waals surface area contributed by atoms with E-state index in [9.17, 15) is 14.9 Å². The van der Waals surface area contributed by atoms with Crippen LogP contribution >= 0.6 is 39.1 Å². The van der Waals surface area contributed by atoms with E-state index in [4.69, 9.17) is 23.2 Å². The van der Waals surface area contributed by atoms with Crippen LogP contribution < -0.4 is 5.32 Å². The Morgan fingerprint density at radius 3 is 2.62 bits per heavy atom. The molecule has 21 heavy (non-hydrogen) atoms. The number of halogens is 3. The van der Waals surface area contributed by atoms with Crippen molar-refractivity contribution in [2.45, 2.75) is 0 Å². The first-order chi connectivity index (χ1) is 9.88. The molecule has 1 aromatic carbocycles. The third-order valence-corrected chi connectivity index (χ3v) is 3.46. The Labute approximate surface area is 137 Å². The van der Waals surface area contributed by atoms with E-state index in [0.717, 1.165) is 6.07 Å². The summed E-state index contributed by atoms with van der Waals surface area (Å²) in [5.41, 5.74) is -0.197. The summed E-state index contributed by atoms with van der Waals surface area (Å²) in [5, 5.41) is 13.5. The number of nitro groups is 1. The number of benzene rings is 1. The Morgan fingerprint density at radius 1 is 1.29 bits per heavy atom. The van der Waals surface area contributed by atoms with Gasteiger partial charge in [0.15, 0.2) is 0 Å². The zero-order valence-electron chi connectivity index (χ0n) is 10.1. The monoisotopic (exact) mass is 389 g/mol. The quantitative estimate of drug-likeness (QED) is 0.480. The fraction of sp³-hybridized carbons (Fsp3) is 0. The molecule has 0 saturated heterocycles. The first-order valence-corrected chi connectivity index (χ1v) is 7.00. The number of carbonyl (C=O) groups excluding carboxylic acids is 1. The highest BCUT2D eigenvalue weighted by Gasteiger charge is 2.20. The fourth-order valence-electron chi connectivity index (χ4n) is 1.52.